The van der Waals surface area contributed by atoms with Gasteiger partial charge in [0.25, 0.3) is 0 Å². The van der Waals surface area contributed by atoms with Crippen LogP contribution in [0.15, 0.2) is 54.9 Å². The Bertz CT molecular complexity index is 1160. The van der Waals surface area contributed by atoms with Crippen LogP contribution in [0.25, 0.3) is 10.2 Å². The molecular formula is C21H13Cl3N2S2. The number of fused-ring (bicyclic) bond motifs is 3. The largest absolute Gasteiger partial charge is 0.225 e. The lowest BCUT2D eigenvalue weighted by atomic mass is 9.98. The summed E-state index contributed by atoms with van der Waals surface area (Å²) in [6.07, 6.45) is 2.42. The fraction of sp³-hybridized carbons (Fsp3) is 0.143. The van der Waals surface area contributed by atoms with E-state index in [4.69, 9.17) is 34.8 Å². The molecule has 0 saturated carbocycles. The van der Waals surface area contributed by atoms with Crippen molar-refractivity contribution in [3.63, 3.8) is 0 Å². The molecule has 0 aliphatic carbocycles. The maximum atomic E-state index is 6.48. The van der Waals surface area contributed by atoms with Crippen LogP contribution in [0.4, 0.5) is 0 Å². The summed E-state index contributed by atoms with van der Waals surface area (Å²) in [7, 11) is 0. The van der Waals surface area contributed by atoms with E-state index < -0.39 is 0 Å². The fourth-order valence-corrected chi connectivity index (χ4v) is 7.12. The number of thioether (sulfide) groups is 1. The first kappa shape index (κ1) is 18.7. The maximum absolute atomic E-state index is 6.48. The topological polar surface area (TPSA) is 25.8 Å². The molecular weight excluding hydrogens is 451 g/mol. The second-order valence-electron chi connectivity index (χ2n) is 6.60. The summed E-state index contributed by atoms with van der Waals surface area (Å²) in [4.78, 5) is 10.9. The van der Waals surface area contributed by atoms with E-state index in [9.17, 15) is 0 Å². The SMILES string of the molecule is Clc1ccc(C2Cc3c(sc4ncnc(Cl)c34)C(c3ccc(Cl)cc3)S2)cc1. The first-order valence-corrected chi connectivity index (χ1v) is 11.6. The van der Waals surface area contributed by atoms with Crippen molar-refractivity contribution in [2.45, 2.75) is 16.9 Å². The number of nitrogens with zero attached hydrogens (tertiary/aromatic N) is 2. The molecule has 2 aromatic heterocycles. The van der Waals surface area contributed by atoms with Crippen LogP contribution in [0.3, 0.4) is 0 Å². The normalized spacial score (nSPS) is 19.0. The van der Waals surface area contributed by atoms with E-state index in [-0.39, 0.29) is 5.25 Å². The summed E-state index contributed by atoms with van der Waals surface area (Å²) in [6.45, 7) is 0. The molecule has 0 N–H and O–H groups in total. The van der Waals surface area contributed by atoms with Crippen molar-refractivity contribution in [3.05, 3.63) is 91.6 Å². The summed E-state index contributed by atoms with van der Waals surface area (Å²) < 4.78 is 0. The number of hydrogen-bond acceptors (Lipinski definition) is 4. The van der Waals surface area contributed by atoms with Gasteiger partial charge in [0.1, 0.15) is 16.3 Å². The van der Waals surface area contributed by atoms with Gasteiger partial charge in [0, 0.05) is 20.2 Å². The Hall–Kier alpha value is -1.30. The molecule has 1 aliphatic rings. The average molecular weight is 464 g/mol. The molecule has 28 heavy (non-hydrogen) atoms. The smallest absolute Gasteiger partial charge is 0.141 e. The van der Waals surface area contributed by atoms with E-state index in [2.05, 4.69) is 34.2 Å². The van der Waals surface area contributed by atoms with Gasteiger partial charge in [-0.15, -0.1) is 23.1 Å². The zero-order valence-corrected chi connectivity index (χ0v) is 18.3. The molecule has 140 valence electrons. The highest BCUT2D eigenvalue weighted by Gasteiger charge is 2.34. The molecule has 4 aromatic rings. The molecule has 0 fully saturated rings. The summed E-state index contributed by atoms with van der Waals surface area (Å²) in [5.41, 5.74) is 3.74. The second kappa shape index (κ2) is 7.51. The Morgan fingerprint density at radius 2 is 1.46 bits per heavy atom. The summed E-state index contributed by atoms with van der Waals surface area (Å²) in [5, 5.41) is 3.49. The Morgan fingerprint density at radius 3 is 2.14 bits per heavy atom. The molecule has 0 saturated heterocycles. The van der Waals surface area contributed by atoms with Gasteiger partial charge in [-0.1, -0.05) is 59.1 Å². The standard InChI is InChI=1S/C21H13Cl3N2S2/c22-13-5-1-11(2-6-13)16-9-15-17-20(24)25-10-26-21(17)28-19(15)18(27-16)12-3-7-14(23)8-4-12/h1-8,10,16,18H,9H2. The Balaban J connectivity index is 1.68. The van der Waals surface area contributed by atoms with Gasteiger partial charge in [-0.2, -0.15) is 0 Å². The monoisotopic (exact) mass is 462 g/mol. The number of hydrogen-bond donors (Lipinski definition) is 0. The lowest BCUT2D eigenvalue weighted by Crippen LogP contribution is -2.11. The zero-order valence-electron chi connectivity index (χ0n) is 14.4. The second-order valence-corrected chi connectivity index (χ2v) is 10.2. The highest BCUT2D eigenvalue weighted by atomic mass is 35.5. The third kappa shape index (κ3) is 3.31. The van der Waals surface area contributed by atoms with E-state index >= 15 is 0 Å². The van der Waals surface area contributed by atoms with Crippen molar-refractivity contribution < 1.29 is 0 Å². The third-order valence-electron chi connectivity index (χ3n) is 4.91. The third-order valence-corrected chi connectivity index (χ3v) is 8.61. The highest BCUT2D eigenvalue weighted by Crippen LogP contribution is 2.55. The average Bonchev–Trinajstić information content (AvgIpc) is 3.08. The molecule has 0 radical (unpaired) electrons. The van der Waals surface area contributed by atoms with Crippen molar-refractivity contribution in [2.75, 3.05) is 0 Å². The molecule has 3 heterocycles. The van der Waals surface area contributed by atoms with Crippen LogP contribution < -0.4 is 0 Å². The van der Waals surface area contributed by atoms with Crippen LogP contribution in [0.5, 0.6) is 0 Å². The fourth-order valence-electron chi connectivity index (χ4n) is 3.58. The van der Waals surface area contributed by atoms with E-state index in [0.717, 1.165) is 26.7 Å². The van der Waals surface area contributed by atoms with E-state index in [1.54, 1.807) is 11.3 Å². The van der Waals surface area contributed by atoms with Gasteiger partial charge in [-0.25, -0.2) is 9.97 Å². The minimum atomic E-state index is 0.192. The van der Waals surface area contributed by atoms with Crippen molar-refractivity contribution in [2.24, 2.45) is 0 Å². The van der Waals surface area contributed by atoms with Gasteiger partial charge < -0.3 is 0 Å². The highest BCUT2D eigenvalue weighted by molar-refractivity contribution is 8.00. The summed E-state index contributed by atoms with van der Waals surface area (Å²) in [5.74, 6) is 0. The van der Waals surface area contributed by atoms with Crippen molar-refractivity contribution in [1.82, 2.24) is 9.97 Å². The molecule has 0 amide bonds. The predicted octanol–water partition coefficient (Wildman–Crippen LogP) is 7.77. The number of thiophene rings is 1. The van der Waals surface area contributed by atoms with Crippen LogP contribution in [0.1, 0.15) is 32.1 Å². The van der Waals surface area contributed by atoms with Crippen molar-refractivity contribution in [3.8, 4) is 0 Å². The van der Waals surface area contributed by atoms with Gasteiger partial charge in [-0.05, 0) is 47.4 Å². The van der Waals surface area contributed by atoms with E-state index in [1.807, 2.05) is 36.0 Å². The molecule has 2 nitrogen and oxygen atoms in total. The quantitative estimate of drug-likeness (QED) is 0.284. The predicted molar refractivity (Wildman–Crippen MR) is 121 cm³/mol. The Morgan fingerprint density at radius 1 is 0.821 bits per heavy atom. The van der Waals surface area contributed by atoms with E-state index in [1.165, 1.54) is 27.9 Å². The molecule has 1 aliphatic heterocycles. The first-order valence-electron chi connectivity index (χ1n) is 8.68. The number of benzene rings is 2. The van der Waals surface area contributed by atoms with Gasteiger partial charge in [0.15, 0.2) is 0 Å². The van der Waals surface area contributed by atoms with Crippen LogP contribution in [0, 0.1) is 0 Å². The summed E-state index contributed by atoms with van der Waals surface area (Å²) in [6, 6.07) is 16.2. The van der Waals surface area contributed by atoms with Crippen LogP contribution in [-0.2, 0) is 6.42 Å². The Labute approximate surface area is 185 Å². The van der Waals surface area contributed by atoms with Crippen LogP contribution >= 0.6 is 57.9 Å². The van der Waals surface area contributed by atoms with Gasteiger partial charge in [-0.3, -0.25) is 0 Å². The minimum Gasteiger partial charge on any atom is -0.225 e. The summed E-state index contributed by atoms with van der Waals surface area (Å²) >= 11 is 22.4. The molecule has 2 atom stereocenters. The zero-order chi connectivity index (χ0) is 19.3. The van der Waals surface area contributed by atoms with Crippen LogP contribution in [-0.4, -0.2) is 9.97 Å². The minimum absolute atomic E-state index is 0.192. The maximum Gasteiger partial charge on any atom is 0.141 e. The first-order chi connectivity index (χ1) is 13.6. The molecule has 0 spiro atoms. The molecule has 2 aromatic carbocycles. The molecule has 0 bridgehead atoms. The van der Waals surface area contributed by atoms with Crippen molar-refractivity contribution >= 4 is 68.1 Å². The van der Waals surface area contributed by atoms with Gasteiger partial charge >= 0.3 is 0 Å². The van der Waals surface area contributed by atoms with Gasteiger partial charge in [0.05, 0.1) is 10.6 Å². The number of rotatable bonds is 2. The van der Waals surface area contributed by atoms with Crippen molar-refractivity contribution in [1.29, 1.82) is 0 Å². The van der Waals surface area contributed by atoms with Gasteiger partial charge in [0.2, 0.25) is 0 Å². The number of aromatic nitrogens is 2. The van der Waals surface area contributed by atoms with Crippen LogP contribution in [0.2, 0.25) is 15.2 Å². The molecule has 5 rings (SSSR count). The number of halogens is 3. The lowest BCUT2D eigenvalue weighted by molar-refractivity contribution is 0.894. The lowest BCUT2D eigenvalue weighted by Gasteiger charge is -2.30. The molecule has 7 heteroatoms. The van der Waals surface area contributed by atoms with E-state index in [0.29, 0.717) is 10.4 Å². The Kier molecular flexibility index (Phi) is 5.02. The molecule has 2 unspecified atom stereocenters.